The van der Waals surface area contributed by atoms with Crippen LogP contribution in [0.4, 0.5) is 10.9 Å². The fraction of sp³-hybridized carbons (Fsp3) is 0.333. The van der Waals surface area contributed by atoms with Crippen LogP contribution in [0.2, 0.25) is 0 Å². The minimum absolute atomic E-state index is 0.0148. The molecule has 2 rings (SSSR count). The van der Waals surface area contributed by atoms with E-state index in [1.54, 1.807) is 4.68 Å². The first kappa shape index (κ1) is 12.8. The normalized spacial score (nSPS) is 10.5. The Hall–Kier alpha value is -1.61. The number of carboxylic acids is 1. The maximum atomic E-state index is 10.4. The molecule has 0 spiro atoms. The van der Waals surface area contributed by atoms with Crippen molar-refractivity contribution in [2.24, 2.45) is 0 Å². The summed E-state index contributed by atoms with van der Waals surface area (Å²) in [4.78, 5) is 10.4. The lowest BCUT2D eigenvalue weighted by Gasteiger charge is -1.95. The number of aliphatic carboxylic acids is 1. The second-order valence-corrected chi connectivity index (χ2v) is 5.44. The molecule has 0 saturated heterocycles. The van der Waals surface area contributed by atoms with Crippen LogP contribution in [-0.4, -0.2) is 36.8 Å². The molecule has 0 aliphatic rings. The van der Waals surface area contributed by atoms with Gasteiger partial charge >= 0.3 is 5.97 Å². The fourth-order valence-corrected chi connectivity index (χ4v) is 2.64. The lowest BCUT2D eigenvalue weighted by molar-refractivity contribution is -0.133. The minimum atomic E-state index is -0.869. The Balaban J connectivity index is 1.95. The van der Waals surface area contributed by atoms with E-state index in [1.165, 1.54) is 11.3 Å². The summed E-state index contributed by atoms with van der Waals surface area (Å²) in [5, 5.41) is 24.2. The second kappa shape index (κ2) is 5.83. The number of anilines is 2. The Morgan fingerprint density at radius 3 is 3.11 bits per heavy atom. The van der Waals surface area contributed by atoms with E-state index < -0.39 is 5.97 Å². The summed E-state index contributed by atoms with van der Waals surface area (Å²) in [6.45, 7) is 2.81. The number of nitrogens with one attached hydrogen (secondary N) is 1. The van der Waals surface area contributed by atoms with Gasteiger partial charge in [-0.05, 0) is 6.92 Å². The first-order chi connectivity index (χ1) is 8.67. The molecule has 0 atom stereocenters. The summed E-state index contributed by atoms with van der Waals surface area (Å²) in [5.41, 5.74) is 0. The third-order valence-corrected chi connectivity index (χ3v) is 3.88. The number of hydrogen-bond donors (Lipinski definition) is 2. The number of carbonyl (C=O) groups is 1. The molecule has 18 heavy (non-hydrogen) atoms. The molecule has 0 saturated carbocycles. The van der Waals surface area contributed by atoms with Gasteiger partial charge in [0.1, 0.15) is 0 Å². The molecule has 0 aromatic carbocycles. The van der Waals surface area contributed by atoms with Gasteiger partial charge < -0.3 is 10.4 Å². The fourth-order valence-electron chi connectivity index (χ4n) is 1.16. The molecule has 0 aliphatic heterocycles. The maximum Gasteiger partial charge on any atom is 0.313 e. The van der Waals surface area contributed by atoms with Crippen molar-refractivity contribution < 1.29 is 9.90 Å². The van der Waals surface area contributed by atoms with Crippen molar-refractivity contribution in [1.82, 2.24) is 20.0 Å². The largest absolute Gasteiger partial charge is 0.481 e. The second-order valence-electron chi connectivity index (χ2n) is 3.24. The molecule has 9 heteroatoms. The highest BCUT2D eigenvalue weighted by Crippen LogP contribution is 2.26. The Labute approximate surface area is 111 Å². The average molecular weight is 285 g/mol. The van der Waals surface area contributed by atoms with E-state index in [-0.39, 0.29) is 5.75 Å². The Kier molecular flexibility index (Phi) is 4.15. The van der Waals surface area contributed by atoms with Crippen LogP contribution in [0.1, 0.15) is 6.92 Å². The van der Waals surface area contributed by atoms with Gasteiger partial charge in [0.2, 0.25) is 5.13 Å². The van der Waals surface area contributed by atoms with Gasteiger partial charge in [-0.3, -0.25) is 9.48 Å². The summed E-state index contributed by atoms with van der Waals surface area (Å²) in [6, 6.07) is 1.84. The van der Waals surface area contributed by atoms with Crippen molar-refractivity contribution in [1.29, 1.82) is 0 Å². The number of nitrogens with zero attached hydrogens (tertiary/aromatic N) is 4. The zero-order chi connectivity index (χ0) is 13.0. The van der Waals surface area contributed by atoms with Gasteiger partial charge in [-0.1, -0.05) is 23.1 Å². The van der Waals surface area contributed by atoms with E-state index in [0.717, 1.165) is 18.3 Å². The van der Waals surface area contributed by atoms with E-state index in [1.807, 2.05) is 19.2 Å². The van der Waals surface area contributed by atoms with Gasteiger partial charge in [-0.25, -0.2) is 0 Å². The van der Waals surface area contributed by atoms with Gasteiger partial charge in [0.15, 0.2) is 10.2 Å². The smallest absolute Gasteiger partial charge is 0.313 e. The van der Waals surface area contributed by atoms with Crippen molar-refractivity contribution in [2.45, 2.75) is 17.8 Å². The van der Waals surface area contributed by atoms with E-state index in [4.69, 9.17) is 5.11 Å². The van der Waals surface area contributed by atoms with E-state index in [2.05, 4.69) is 20.6 Å². The van der Waals surface area contributed by atoms with Crippen LogP contribution >= 0.6 is 23.1 Å². The molecule has 0 aliphatic carbocycles. The number of thioether (sulfide) groups is 1. The van der Waals surface area contributed by atoms with Crippen LogP contribution in [0.15, 0.2) is 16.6 Å². The Morgan fingerprint density at radius 2 is 2.44 bits per heavy atom. The van der Waals surface area contributed by atoms with E-state index >= 15 is 0 Å². The topological polar surface area (TPSA) is 92.9 Å². The summed E-state index contributed by atoms with van der Waals surface area (Å²) < 4.78 is 2.42. The van der Waals surface area contributed by atoms with Crippen molar-refractivity contribution in [3.05, 3.63) is 12.3 Å². The third-order valence-electron chi connectivity index (χ3n) is 1.93. The zero-order valence-corrected chi connectivity index (χ0v) is 11.2. The first-order valence-corrected chi connectivity index (χ1v) is 6.96. The van der Waals surface area contributed by atoms with Crippen molar-refractivity contribution in [3.8, 4) is 0 Å². The molecular weight excluding hydrogens is 274 g/mol. The average Bonchev–Trinajstić information content (AvgIpc) is 2.96. The number of rotatable bonds is 6. The molecule has 0 fully saturated rings. The standard InChI is InChI=1S/C9H11N5O2S2/c1-2-14-4-3-6(13-14)10-8-11-12-9(18-8)17-5-7(15)16/h3-4H,2,5H2,1H3,(H,15,16)(H,10,11,13). The van der Waals surface area contributed by atoms with Crippen LogP contribution in [0, 0.1) is 0 Å². The van der Waals surface area contributed by atoms with Crippen LogP contribution in [0.25, 0.3) is 0 Å². The lowest BCUT2D eigenvalue weighted by Crippen LogP contribution is -1.96. The molecule has 2 N–H and O–H groups in total. The van der Waals surface area contributed by atoms with Crippen molar-refractivity contribution in [3.63, 3.8) is 0 Å². The quantitative estimate of drug-likeness (QED) is 0.780. The molecular formula is C9H11N5O2S2. The maximum absolute atomic E-state index is 10.4. The third kappa shape index (κ3) is 3.44. The number of aromatic nitrogens is 4. The first-order valence-electron chi connectivity index (χ1n) is 5.16. The molecule has 2 aromatic heterocycles. The molecule has 0 unspecified atom stereocenters. The van der Waals surface area contributed by atoms with Crippen molar-refractivity contribution >= 4 is 40.0 Å². The van der Waals surface area contributed by atoms with Gasteiger partial charge in [-0.15, -0.1) is 10.2 Å². The number of hydrogen-bond acceptors (Lipinski definition) is 7. The molecule has 0 amide bonds. The van der Waals surface area contributed by atoms with Crippen LogP contribution in [0.5, 0.6) is 0 Å². The highest BCUT2D eigenvalue weighted by Gasteiger charge is 2.08. The predicted octanol–water partition coefficient (Wildman–Crippen LogP) is 1.67. The monoisotopic (exact) mass is 285 g/mol. The highest BCUT2D eigenvalue weighted by molar-refractivity contribution is 8.01. The summed E-state index contributed by atoms with van der Waals surface area (Å²) in [6.07, 6.45) is 1.86. The van der Waals surface area contributed by atoms with Crippen LogP contribution in [0.3, 0.4) is 0 Å². The summed E-state index contributed by atoms with van der Waals surface area (Å²) in [7, 11) is 0. The molecule has 0 bridgehead atoms. The number of aryl methyl sites for hydroxylation is 1. The molecule has 7 nitrogen and oxygen atoms in total. The Bertz CT molecular complexity index is 539. The minimum Gasteiger partial charge on any atom is -0.481 e. The predicted molar refractivity (Wildman–Crippen MR) is 69.5 cm³/mol. The van der Waals surface area contributed by atoms with Crippen LogP contribution in [-0.2, 0) is 11.3 Å². The molecule has 0 radical (unpaired) electrons. The highest BCUT2D eigenvalue weighted by atomic mass is 32.2. The van der Waals surface area contributed by atoms with Crippen LogP contribution < -0.4 is 5.32 Å². The van der Waals surface area contributed by atoms with Gasteiger partial charge in [0, 0.05) is 18.8 Å². The van der Waals surface area contributed by atoms with Crippen molar-refractivity contribution in [2.75, 3.05) is 11.1 Å². The van der Waals surface area contributed by atoms with E-state index in [0.29, 0.717) is 15.3 Å². The number of carboxylic acid groups (broad SMARTS) is 1. The SMILES string of the molecule is CCn1ccc(Nc2nnc(SCC(=O)O)s2)n1. The molecule has 96 valence electrons. The van der Waals surface area contributed by atoms with Gasteiger partial charge in [-0.2, -0.15) is 5.10 Å². The van der Waals surface area contributed by atoms with Gasteiger partial charge in [0.05, 0.1) is 5.75 Å². The molecule has 2 heterocycles. The molecule has 2 aromatic rings. The van der Waals surface area contributed by atoms with E-state index in [9.17, 15) is 4.79 Å². The summed E-state index contributed by atoms with van der Waals surface area (Å²) >= 11 is 2.45. The zero-order valence-electron chi connectivity index (χ0n) is 9.53. The summed E-state index contributed by atoms with van der Waals surface area (Å²) in [5.74, 6) is -0.187. The Morgan fingerprint density at radius 1 is 1.61 bits per heavy atom. The lowest BCUT2D eigenvalue weighted by atomic mass is 10.6. The van der Waals surface area contributed by atoms with Gasteiger partial charge in [0.25, 0.3) is 0 Å².